The van der Waals surface area contributed by atoms with E-state index in [0.29, 0.717) is 17.5 Å². The van der Waals surface area contributed by atoms with Crippen LogP contribution in [-0.4, -0.2) is 50.7 Å². The van der Waals surface area contributed by atoms with Gasteiger partial charge in [0.15, 0.2) is 12.4 Å². The molecule has 0 aromatic carbocycles. The number of rotatable bonds is 13. The van der Waals surface area contributed by atoms with E-state index >= 15 is 0 Å². The molecular weight excluding hydrogens is 460 g/mol. The third-order valence-electron chi connectivity index (χ3n) is 6.04. The molecule has 0 spiro atoms. The van der Waals surface area contributed by atoms with Gasteiger partial charge in [0.2, 0.25) is 5.28 Å². The molecule has 0 bridgehead atoms. The fraction of sp³-hybridized carbons (Fsp3) is 0.625. The molecule has 3 heterocycles. The van der Waals surface area contributed by atoms with Gasteiger partial charge in [0.25, 0.3) is 0 Å². The van der Waals surface area contributed by atoms with E-state index in [1.165, 1.54) is 25.7 Å². The van der Waals surface area contributed by atoms with Crippen LogP contribution in [0.3, 0.4) is 0 Å². The second kappa shape index (κ2) is 12.4. The SMILES string of the molecule is C#C[C@]1(COCOC(=O)CCCCCCCCC)O[C@@H](n2ccc3c(N)nc(Cl)nc32)C[C@@H]1O. The zero-order valence-electron chi connectivity index (χ0n) is 19.5. The van der Waals surface area contributed by atoms with Gasteiger partial charge >= 0.3 is 5.97 Å². The van der Waals surface area contributed by atoms with Gasteiger partial charge in [-0.3, -0.25) is 4.79 Å². The van der Waals surface area contributed by atoms with Crippen molar-refractivity contribution in [2.45, 2.75) is 82.6 Å². The quantitative estimate of drug-likeness (QED) is 0.141. The van der Waals surface area contributed by atoms with E-state index in [4.69, 9.17) is 38.0 Å². The Bertz CT molecular complexity index is 1010. The molecule has 10 heteroatoms. The second-order valence-electron chi connectivity index (χ2n) is 8.55. The minimum Gasteiger partial charge on any atom is -0.438 e. The van der Waals surface area contributed by atoms with Crippen LogP contribution < -0.4 is 5.73 Å². The number of carbonyl (C=O) groups is 1. The first-order valence-corrected chi connectivity index (χ1v) is 12.1. The maximum absolute atomic E-state index is 11.9. The molecule has 0 amide bonds. The van der Waals surface area contributed by atoms with Crippen LogP contribution in [0.15, 0.2) is 12.3 Å². The van der Waals surface area contributed by atoms with Crippen LogP contribution in [0.4, 0.5) is 5.82 Å². The largest absolute Gasteiger partial charge is 0.438 e. The molecule has 3 atom stereocenters. The first-order valence-electron chi connectivity index (χ1n) is 11.8. The first-order chi connectivity index (χ1) is 16.4. The second-order valence-corrected chi connectivity index (χ2v) is 8.89. The van der Waals surface area contributed by atoms with E-state index in [0.717, 1.165) is 19.3 Å². The summed E-state index contributed by atoms with van der Waals surface area (Å²) in [6.07, 6.45) is 14.2. The minimum absolute atomic E-state index is 0.00773. The Kier molecular flexibility index (Phi) is 9.54. The maximum atomic E-state index is 11.9. The molecule has 2 aromatic rings. The molecule has 1 aliphatic rings. The van der Waals surface area contributed by atoms with E-state index in [9.17, 15) is 9.90 Å². The lowest BCUT2D eigenvalue weighted by molar-refractivity contribution is -0.167. The van der Waals surface area contributed by atoms with Crippen molar-refractivity contribution in [1.29, 1.82) is 0 Å². The summed E-state index contributed by atoms with van der Waals surface area (Å²) in [5.74, 6) is 2.44. The van der Waals surface area contributed by atoms with Gasteiger partial charge < -0.3 is 29.6 Å². The van der Waals surface area contributed by atoms with E-state index in [-0.39, 0.29) is 36.9 Å². The lowest BCUT2D eigenvalue weighted by Crippen LogP contribution is -2.42. The Hall–Kier alpha value is -2.38. The molecule has 1 saturated heterocycles. The van der Waals surface area contributed by atoms with Crippen molar-refractivity contribution in [2.75, 3.05) is 19.1 Å². The molecule has 9 nitrogen and oxygen atoms in total. The Morgan fingerprint density at radius 1 is 1.35 bits per heavy atom. The minimum atomic E-state index is -1.39. The summed E-state index contributed by atoms with van der Waals surface area (Å²) in [4.78, 5) is 20.1. The number of nitrogens with two attached hydrogens (primary N) is 1. The van der Waals surface area contributed by atoms with E-state index in [1.807, 2.05) is 0 Å². The topological polar surface area (TPSA) is 122 Å². The van der Waals surface area contributed by atoms with Crippen molar-refractivity contribution in [1.82, 2.24) is 14.5 Å². The van der Waals surface area contributed by atoms with Gasteiger partial charge in [-0.15, -0.1) is 6.42 Å². The first kappa shape index (κ1) is 26.2. The normalized spacial score (nSPS) is 22.2. The highest BCUT2D eigenvalue weighted by molar-refractivity contribution is 6.28. The third kappa shape index (κ3) is 6.39. The van der Waals surface area contributed by atoms with E-state index in [1.54, 1.807) is 16.8 Å². The van der Waals surface area contributed by atoms with Crippen LogP contribution in [0.5, 0.6) is 0 Å². The van der Waals surface area contributed by atoms with Gasteiger partial charge in [0, 0.05) is 19.0 Å². The van der Waals surface area contributed by atoms with Crippen LogP contribution in [0.25, 0.3) is 11.0 Å². The monoisotopic (exact) mass is 492 g/mol. The standard InChI is InChI=1S/C24H33ClN4O5/c1-3-5-6-7-8-9-10-11-20(31)33-16-32-15-24(4-2)18(30)14-19(34-24)29-13-12-17-21(26)27-23(25)28-22(17)29/h2,12-13,18-19,30H,3,5-11,14-16H2,1H3,(H2,26,27,28)/t18-,19+,24+/m0/s1. The fourth-order valence-electron chi connectivity index (χ4n) is 4.08. The predicted molar refractivity (Wildman–Crippen MR) is 129 cm³/mol. The number of aliphatic hydroxyl groups is 1. The number of fused-ring (bicyclic) bond motifs is 1. The molecule has 1 aliphatic heterocycles. The number of anilines is 1. The molecule has 186 valence electrons. The highest BCUT2D eigenvalue weighted by Gasteiger charge is 2.48. The molecule has 34 heavy (non-hydrogen) atoms. The molecule has 0 radical (unpaired) electrons. The smallest absolute Gasteiger partial charge is 0.307 e. The molecule has 0 unspecified atom stereocenters. The summed E-state index contributed by atoms with van der Waals surface area (Å²) >= 11 is 5.95. The number of aliphatic hydroxyl groups excluding tert-OH is 1. The van der Waals surface area contributed by atoms with E-state index < -0.39 is 17.9 Å². The van der Waals surface area contributed by atoms with Gasteiger partial charge in [-0.1, -0.05) is 51.4 Å². The molecule has 0 aliphatic carbocycles. The lowest BCUT2D eigenvalue weighted by Gasteiger charge is -2.26. The summed E-state index contributed by atoms with van der Waals surface area (Å²) in [7, 11) is 0. The van der Waals surface area contributed by atoms with Crippen LogP contribution >= 0.6 is 11.6 Å². The molecule has 3 N–H and O–H groups in total. The molecule has 3 rings (SSSR count). The number of halogens is 1. The number of ether oxygens (including phenoxy) is 3. The summed E-state index contributed by atoms with van der Waals surface area (Å²) in [6, 6.07) is 1.74. The summed E-state index contributed by atoms with van der Waals surface area (Å²) in [5.41, 5.74) is 4.99. The number of carbonyl (C=O) groups excluding carboxylic acids is 1. The highest BCUT2D eigenvalue weighted by atomic mass is 35.5. The van der Waals surface area contributed by atoms with Crippen LogP contribution in [0.1, 0.15) is 70.9 Å². The Balaban J connectivity index is 1.46. The molecule has 1 fully saturated rings. The Morgan fingerprint density at radius 2 is 2.09 bits per heavy atom. The molecule has 0 saturated carbocycles. The lowest BCUT2D eigenvalue weighted by atomic mass is 9.99. The van der Waals surface area contributed by atoms with Gasteiger partial charge in [0.05, 0.1) is 12.0 Å². The number of esters is 1. The van der Waals surface area contributed by atoms with Crippen molar-refractivity contribution >= 4 is 34.4 Å². The van der Waals surface area contributed by atoms with Crippen molar-refractivity contribution in [2.24, 2.45) is 0 Å². The van der Waals surface area contributed by atoms with Crippen LogP contribution in [0.2, 0.25) is 5.28 Å². The number of hydrogen-bond acceptors (Lipinski definition) is 8. The Labute approximate surface area is 204 Å². The number of hydrogen-bond donors (Lipinski definition) is 2. The summed E-state index contributed by atoms with van der Waals surface area (Å²) < 4.78 is 18.3. The summed E-state index contributed by atoms with van der Waals surface area (Å²) in [6.45, 7) is 1.79. The maximum Gasteiger partial charge on any atom is 0.307 e. The molecule has 2 aromatic heterocycles. The van der Waals surface area contributed by atoms with Crippen molar-refractivity contribution in [3.8, 4) is 12.3 Å². The third-order valence-corrected chi connectivity index (χ3v) is 6.21. The van der Waals surface area contributed by atoms with Crippen LogP contribution in [-0.2, 0) is 19.0 Å². The van der Waals surface area contributed by atoms with Crippen LogP contribution in [0, 0.1) is 12.3 Å². The number of nitrogen functional groups attached to an aromatic ring is 1. The number of aromatic nitrogens is 3. The van der Waals surface area contributed by atoms with Gasteiger partial charge in [-0.05, 0) is 24.1 Å². The fourth-order valence-corrected chi connectivity index (χ4v) is 4.25. The van der Waals surface area contributed by atoms with E-state index in [2.05, 4.69) is 22.8 Å². The average molecular weight is 493 g/mol. The number of terminal acetylenes is 1. The number of unbranched alkanes of at least 4 members (excludes halogenated alkanes) is 6. The van der Waals surface area contributed by atoms with Gasteiger partial charge in [0.1, 0.15) is 23.8 Å². The van der Waals surface area contributed by atoms with Gasteiger partial charge in [-0.2, -0.15) is 4.98 Å². The number of nitrogens with zero attached hydrogens (tertiary/aromatic N) is 3. The predicted octanol–water partition coefficient (Wildman–Crippen LogP) is 3.98. The van der Waals surface area contributed by atoms with Crippen molar-refractivity contribution in [3.63, 3.8) is 0 Å². The zero-order chi connectivity index (χ0) is 24.6. The summed E-state index contributed by atoms with van der Waals surface area (Å²) in [5, 5.41) is 11.3. The van der Waals surface area contributed by atoms with Gasteiger partial charge in [-0.25, -0.2) is 4.98 Å². The van der Waals surface area contributed by atoms with Crippen molar-refractivity contribution < 1.29 is 24.1 Å². The average Bonchev–Trinajstić information content (AvgIpc) is 3.37. The zero-order valence-corrected chi connectivity index (χ0v) is 20.3. The molecular formula is C24H33ClN4O5. The highest BCUT2D eigenvalue weighted by Crippen LogP contribution is 2.38. The Morgan fingerprint density at radius 3 is 2.82 bits per heavy atom. The van der Waals surface area contributed by atoms with Crippen molar-refractivity contribution in [3.05, 3.63) is 17.5 Å².